The lowest BCUT2D eigenvalue weighted by Gasteiger charge is -2.18. The molecule has 0 aliphatic heterocycles. The summed E-state index contributed by atoms with van der Waals surface area (Å²) in [5.41, 5.74) is 2.74. The summed E-state index contributed by atoms with van der Waals surface area (Å²) >= 11 is 0. The predicted molar refractivity (Wildman–Crippen MR) is 96.0 cm³/mol. The number of rotatable bonds is 6. The van der Waals surface area contributed by atoms with Crippen LogP contribution in [-0.4, -0.2) is 20.1 Å². The SMILES string of the molecule is COc1ccc(OC)c(C(C)NC(=O)c2ccc(C(C)C)cc2)c1. The third-order valence-electron chi connectivity index (χ3n) is 4.09. The van der Waals surface area contributed by atoms with E-state index in [1.54, 1.807) is 14.2 Å². The molecule has 1 N–H and O–H groups in total. The van der Waals surface area contributed by atoms with Crippen LogP contribution in [0.1, 0.15) is 54.2 Å². The van der Waals surface area contributed by atoms with Crippen LogP contribution in [0.4, 0.5) is 0 Å². The second-order valence-corrected chi connectivity index (χ2v) is 6.08. The van der Waals surface area contributed by atoms with Crippen molar-refractivity contribution in [3.05, 3.63) is 59.2 Å². The van der Waals surface area contributed by atoms with Gasteiger partial charge in [-0.1, -0.05) is 26.0 Å². The first kappa shape index (κ1) is 17.9. The normalized spacial score (nSPS) is 11.9. The van der Waals surface area contributed by atoms with E-state index in [4.69, 9.17) is 9.47 Å². The van der Waals surface area contributed by atoms with Crippen LogP contribution in [-0.2, 0) is 0 Å². The van der Waals surface area contributed by atoms with Gasteiger partial charge in [0.25, 0.3) is 5.91 Å². The van der Waals surface area contributed by atoms with E-state index in [1.165, 1.54) is 5.56 Å². The molecule has 1 amide bonds. The largest absolute Gasteiger partial charge is 0.497 e. The smallest absolute Gasteiger partial charge is 0.251 e. The van der Waals surface area contributed by atoms with E-state index in [0.29, 0.717) is 11.5 Å². The van der Waals surface area contributed by atoms with Crippen molar-refractivity contribution in [3.63, 3.8) is 0 Å². The molecule has 0 heterocycles. The first-order valence-electron chi connectivity index (χ1n) is 8.09. The Morgan fingerprint density at radius 2 is 1.62 bits per heavy atom. The summed E-state index contributed by atoms with van der Waals surface area (Å²) in [6.45, 7) is 6.19. The van der Waals surface area contributed by atoms with Gasteiger partial charge in [0.1, 0.15) is 11.5 Å². The molecular weight excluding hydrogens is 302 g/mol. The van der Waals surface area contributed by atoms with Crippen LogP contribution in [0, 0.1) is 0 Å². The molecular formula is C20H25NO3. The minimum Gasteiger partial charge on any atom is -0.497 e. The summed E-state index contributed by atoms with van der Waals surface area (Å²) in [7, 11) is 3.23. The van der Waals surface area contributed by atoms with E-state index in [9.17, 15) is 4.79 Å². The van der Waals surface area contributed by atoms with Crippen molar-refractivity contribution in [2.45, 2.75) is 32.7 Å². The molecule has 0 aliphatic carbocycles. The molecule has 4 heteroatoms. The number of hydrogen-bond donors (Lipinski definition) is 1. The van der Waals surface area contributed by atoms with Gasteiger partial charge in [0, 0.05) is 11.1 Å². The Bertz CT molecular complexity index is 693. The second-order valence-electron chi connectivity index (χ2n) is 6.08. The van der Waals surface area contributed by atoms with Crippen LogP contribution in [0.3, 0.4) is 0 Å². The van der Waals surface area contributed by atoms with Gasteiger partial charge >= 0.3 is 0 Å². The lowest BCUT2D eigenvalue weighted by atomic mass is 10.0. The van der Waals surface area contributed by atoms with E-state index in [0.717, 1.165) is 17.1 Å². The fourth-order valence-electron chi connectivity index (χ4n) is 2.55. The van der Waals surface area contributed by atoms with Crippen LogP contribution in [0.25, 0.3) is 0 Å². The molecule has 24 heavy (non-hydrogen) atoms. The standard InChI is InChI=1S/C20H25NO3/c1-13(2)15-6-8-16(9-7-15)20(22)21-14(3)18-12-17(23-4)10-11-19(18)24-5/h6-14H,1-5H3,(H,21,22). The number of carbonyl (C=O) groups is 1. The summed E-state index contributed by atoms with van der Waals surface area (Å²) in [4.78, 5) is 12.5. The molecule has 0 radical (unpaired) electrons. The van der Waals surface area contributed by atoms with E-state index >= 15 is 0 Å². The van der Waals surface area contributed by atoms with Crippen molar-refractivity contribution < 1.29 is 14.3 Å². The minimum absolute atomic E-state index is 0.109. The Hall–Kier alpha value is -2.49. The van der Waals surface area contributed by atoms with Crippen LogP contribution in [0.15, 0.2) is 42.5 Å². The Morgan fingerprint density at radius 3 is 2.17 bits per heavy atom. The number of nitrogens with one attached hydrogen (secondary N) is 1. The van der Waals surface area contributed by atoms with Crippen molar-refractivity contribution >= 4 is 5.91 Å². The van der Waals surface area contributed by atoms with Gasteiger partial charge in [0.2, 0.25) is 0 Å². The van der Waals surface area contributed by atoms with Gasteiger partial charge in [-0.25, -0.2) is 0 Å². The predicted octanol–water partition coefficient (Wildman–Crippen LogP) is 4.32. The van der Waals surface area contributed by atoms with Gasteiger partial charge in [-0.15, -0.1) is 0 Å². The summed E-state index contributed by atoms with van der Waals surface area (Å²) in [5, 5.41) is 3.01. The summed E-state index contributed by atoms with van der Waals surface area (Å²) in [5.74, 6) is 1.79. The first-order chi connectivity index (χ1) is 11.5. The summed E-state index contributed by atoms with van der Waals surface area (Å²) in [6, 6.07) is 13.1. The number of amides is 1. The molecule has 1 atom stereocenters. The topological polar surface area (TPSA) is 47.6 Å². The molecule has 2 aromatic rings. The minimum atomic E-state index is -0.202. The van der Waals surface area contributed by atoms with Crippen LogP contribution in [0.5, 0.6) is 11.5 Å². The Kier molecular flexibility index (Phi) is 5.85. The first-order valence-corrected chi connectivity index (χ1v) is 8.09. The fourth-order valence-corrected chi connectivity index (χ4v) is 2.55. The lowest BCUT2D eigenvalue weighted by molar-refractivity contribution is 0.0939. The zero-order valence-electron chi connectivity index (χ0n) is 14.9. The van der Waals surface area contributed by atoms with Gasteiger partial charge in [0.05, 0.1) is 20.3 Å². The molecule has 0 aliphatic rings. The van der Waals surface area contributed by atoms with Crippen molar-refractivity contribution in [3.8, 4) is 11.5 Å². The Balaban J connectivity index is 2.16. The van der Waals surface area contributed by atoms with Gasteiger partial charge in [0.15, 0.2) is 0 Å². The van der Waals surface area contributed by atoms with E-state index in [1.807, 2.05) is 49.4 Å². The summed E-state index contributed by atoms with van der Waals surface area (Å²) < 4.78 is 10.6. The Labute approximate surface area is 143 Å². The zero-order chi connectivity index (χ0) is 17.7. The summed E-state index contributed by atoms with van der Waals surface area (Å²) in [6.07, 6.45) is 0. The van der Waals surface area contributed by atoms with Crippen LogP contribution < -0.4 is 14.8 Å². The van der Waals surface area contributed by atoms with E-state index in [-0.39, 0.29) is 11.9 Å². The van der Waals surface area contributed by atoms with E-state index in [2.05, 4.69) is 19.2 Å². The quantitative estimate of drug-likeness (QED) is 0.859. The molecule has 0 saturated carbocycles. The molecule has 2 rings (SSSR count). The highest BCUT2D eigenvalue weighted by Gasteiger charge is 2.16. The molecule has 128 valence electrons. The van der Waals surface area contributed by atoms with Crippen molar-refractivity contribution in [1.82, 2.24) is 5.32 Å². The molecule has 0 aromatic heterocycles. The van der Waals surface area contributed by atoms with Crippen molar-refractivity contribution in [2.75, 3.05) is 14.2 Å². The van der Waals surface area contributed by atoms with Gasteiger partial charge in [-0.3, -0.25) is 4.79 Å². The zero-order valence-corrected chi connectivity index (χ0v) is 14.9. The third-order valence-corrected chi connectivity index (χ3v) is 4.09. The monoisotopic (exact) mass is 327 g/mol. The molecule has 0 saturated heterocycles. The maximum Gasteiger partial charge on any atom is 0.251 e. The average Bonchev–Trinajstić information content (AvgIpc) is 2.60. The molecule has 2 aromatic carbocycles. The molecule has 0 fully saturated rings. The fraction of sp³-hybridized carbons (Fsp3) is 0.350. The number of methoxy groups -OCH3 is 2. The highest BCUT2D eigenvalue weighted by Crippen LogP contribution is 2.29. The number of benzene rings is 2. The average molecular weight is 327 g/mol. The lowest BCUT2D eigenvalue weighted by Crippen LogP contribution is -2.27. The molecule has 4 nitrogen and oxygen atoms in total. The van der Waals surface area contributed by atoms with Crippen molar-refractivity contribution in [1.29, 1.82) is 0 Å². The number of carbonyl (C=O) groups excluding carboxylic acids is 1. The Morgan fingerprint density at radius 1 is 0.958 bits per heavy atom. The van der Waals surface area contributed by atoms with Crippen LogP contribution in [0.2, 0.25) is 0 Å². The van der Waals surface area contributed by atoms with Crippen LogP contribution >= 0.6 is 0 Å². The highest BCUT2D eigenvalue weighted by molar-refractivity contribution is 5.94. The van der Waals surface area contributed by atoms with Gasteiger partial charge in [-0.2, -0.15) is 0 Å². The number of ether oxygens (including phenoxy) is 2. The van der Waals surface area contributed by atoms with E-state index < -0.39 is 0 Å². The third kappa shape index (κ3) is 4.07. The molecule has 1 unspecified atom stereocenters. The maximum atomic E-state index is 12.5. The molecule has 0 bridgehead atoms. The van der Waals surface area contributed by atoms with Crippen molar-refractivity contribution in [2.24, 2.45) is 0 Å². The maximum absolute atomic E-state index is 12.5. The van der Waals surface area contributed by atoms with Gasteiger partial charge < -0.3 is 14.8 Å². The highest BCUT2D eigenvalue weighted by atomic mass is 16.5. The van der Waals surface area contributed by atoms with Gasteiger partial charge in [-0.05, 0) is 48.7 Å². The second kappa shape index (κ2) is 7.86. The molecule has 0 spiro atoms. The number of hydrogen-bond acceptors (Lipinski definition) is 3.